The Labute approximate surface area is 255 Å². The number of nitriles is 1. The van der Waals surface area contributed by atoms with Crippen molar-refractivity contribution in [2.75, 3.05) is 11.4 Å². The van der Waals surface area contributed by atoms with E-state index in [-0.39, 0.29) is 34.6 Å². The number of carbonyl (C=O) groups is 1. The Morgan fingerprint density at radius 2 is 1.66 bits per heavy atom. The summed E-state index contributed by atoms with van der Waals surface area (Å²) >= 11 is 0.231. The first kappa shape index (κ1) is 29.4. The van der Waals surface area contributed by atoms with Crippen molar-refractivity contribution in [3.8, 4) is 24.9 Å². The fraction of sp³-hybridized carbons (Fsp3) is 0.314. The Hall–Kier alpha value is -3.06. The number of carboxylic acid groups (broad SMARTS) is 1. The fourth-order valence-electron chi connectivity index (χ4n) is 5.44. The SMILES string of the molecule is CCCCCCCCc1ccc(N2CCCc3cc(-c4ccc(-c5ccc(/C=C(\C#N)C(=O)O)[se]5)[se]4)ccc32)cc1. The normalized spacial score (nSPS) is 13.2. The molecular weight excluding hydrogens is 638 g/mol. The van der Waals surface area contributed by atoms with E-state index in [1.165, 1.54) is 92.4 Å². The van der Waals surface area contributed by atoms with Gasteiger partial charge in [0.05, 0.1) is 0 Å². The van der Waals surface area contributed by atoms with Gasteiger partial charge in [-0.25, -0.2) is 0 Å². The number of rotatable bonds is 12. The fourth-order valence-corrected chi connectivity index (χ4v) is 10.1. The molecule has 4 nitrogen and oxygen atoms in total. The third kappa shape index (κ3) is 7.42. The molecule has 4 aromatic rings. The molecule has 0 aliphatic carbocycles. The Balaban J connectivity index is 1.26. The molecule has 1 aliphatic rings. The van der Waals surface area contributed by atoms with E-state index in [2.05, 4.69) is 72.5 Å². The second-order valence-electron chi connectivity index (χ2n) is 10.6. The molecule has 1 N–H and O–H groups in total. The minimum absolute atomic E-state index is 0.0228. The van der Waals surface area contributed by atoms with Crippen LogP contribution in [0.3, 0.4) is 0 Å². The maximum absolute atomic E-state index is 11.2. The molecule has 0 unspecified atom stereocenters. The van der Waals surface area contributed by atoms with Crippen molar-refractivity contribution in [3.63, 3.8) is 0 Å². The number of carboxylic acids is 1. The van der Waals surface area contributed by atoms with Gasteiger partial charge in [-0.3, -0.25) is 0 Å². The zero-order valence-electron chi connectivity index (χ0n) is 23.6. The average molecular weight is 675 g/mol. The van der Waals surface area contributed by atoms with E-state index in [1.54, 1.807) is 6.07 Å². The van der Waals surface area contributed by atoms with Gasteiger partial charge < -0.3 is 0 Å². The van der Waals surface area contributed by atoms with Crippen LogP contribution in [0.15, 0.2) is 72.3 Å². The number of benzene rings is 2. The molecule has 41 heavy (non-hydrogen) atoms. The molecule has 0 fully saturated rings. The molecule has 5 rings (SSSR count). The molecule has 1 aliphatic heterocycles. The summed E-state index contributed by atoms with van der Waals surface area (Å²) in [5.41, 5.74) is 6.59. The number of nitrogens with zero attached hydrogens (tertiary/aromatic N) is 2. The number of aryl methyl sites for hydroxylation is 2. The molecule has 210 valence electrons. The number of hydrogen-bond donors (Lipinski definition) is 1. The molecule has 0 saturated carbocycles. The molecule has 0 spiro atoms. The van der Waals surface area contributed by atoms with Gasteiger partial charge in [-0.15, -0.1) is 0 Å². The summed E-state index contributed by atoms with van der Waals surface area (Å²) in [4.78, 5) is 13.7. The third-order valence-corrected chi connectivity index (χ3v) is 13.0. The van der Waals surface area contributed by atoms with Gasteiger partial charge in [-0.05, 0) is 0 Å². The molecule has 0 radical (unpaired) electrons. The molecule has 2 aromatic carbocycles. The van der Waals surface area contributed by atoms with Gasteiger partial charge in [-0.1, -0.05) is 39.0 Å². The predicted molar refractivity (Wildman–Crippen MR) is 171 cm³/mol. The van der Waals surface area contributed by atoms with Gasteiger partial charge in [0.1, 0.15) is 0 Å². The second kappa shape index (κ2) is 14.2. The molecule has 3 heterocycles. The monoisotopic (exact) mass is 676 g/mol. The van der Waals surface area contributed by atoms with Gasteiger partial charge in [0, 0.05) is 0 Å². The van der Waals surface area contributed by atoms with E-state index in [4.69, 9.17) is 10.4 Å². The van der Waals surface area contributed by atoms with Crippen LogP contribution >= 0.6 is 0 Å². The standard InChI is InChI=1S/C35H36N2O2Se2/c1-2-3-4-5-6-7-9-25-11-14-29(15-12-25)37-21-8-10-26-22-27(13-17-31(26)37)32-19-20-34(41-32)33-18-16-30(40-33)23-28(24-36)35(38)39/h11-20,22-23H,2-10,21H2,1H3,(H,38,39)/b28-23+. The first-order chi connectivity index (χ1) is 20.1. The zero-order valence-corrected chi connectivity index (χ0v) is 27.0. The van der Waals surface area contributed by atoms with Crippen molar-refractivity contribution in [2.24, 2.45) is 0 Å². The third-order valence-electron chi connectivity index (χ3n) is 7.66. The topological polar surface area (TPSA) is 64.3 Å². The number of fused-ring (bicyclic) bond motifs is 1. The summed E-state index contributed by atoms with van der Waals surface area (Å²) in [6.07, 6.45) is 13.0. The summed E-state index contributed by atoms with van der Waals surface area (Å²) in [6, 6.07) is 26.5. The number of unbranched alkanes of at least 4 members (excludes halogenated alkanes) is 5. The van der Waals surface area contributed by atoms with E-state index in [1.807, 2.05) is 6.07 Å². The van der Waals surface area contributed by atoms with Gasteiger partial charge in [0.2, 0.25) is 0 Å². The van der Waals surface area contributed by atoms with Crippen LogP contribution in [-0.4, -0.2) is 46.6 Å². The van der Waals surface area contributed by atoms with E-state index in [0.717, 1.165) is 23.8 Å². The van der Waals surface area contributed by atoms with Crippen LogP contribution in [0.5, 0.6) is 0 Å². The second-order valence-corrected chi connectivity index (χ2v) is 15.2. The van der Waals surface area contributed by atoms with Crippen LogP contribution in [0.4, 0.5) is 11.4 Å². The molecule has 6 heteroatoms. The molecule has 0 atom stereocenters. The quantitative estimate of drug-likeness (QED) is 0.0714. The van der Waals surface area contributed by atoms with Crippen LogP contribution in [0.25, 0.3) is 25.0 Å². The van der Waals surface area contributed by atoms with Crippen LogP contribution in [0.2, 0.25) is 0 Å². The number of hydrogen-bond acceptors (Lipinski definition) is 3. The molecule has 0 bridgehead atoms. The predicted octanol–water partition coefficient (Wildman–Crippen LogP) is 8.11. The van der Waals surface area contributed by atoms with Gasteiger partial charge in [0.15, 0.2) is 0 Å². The Morgan fingerprint density at radius 3 is 2.44 bits per heavy atom. The van der Waals surface area contributed by atoms with Crippen molar-refractivity contribution in [1.29, 1.82) is 5.26 Å². The van der Waals surface area contributed by atoms with Crippen LogP contribution in [-0.2, 0) is 17.6 Å². The van der Waals surface area contributed by atoms with E-state index in [0.29, 0.717) is 0 Å². The molecule has 0 saturated heterocycles. The van der Waals surface area contributed by atoms with Crippen LogP contribution < -0.4 is 4.90 Å². The summed E-state index contributed by atoms with van der Waals surface area (Å²) in [6.45, 7) is 3.32. The van der Waals surface area contributed by atoms with E-state index < -0.39 is 5.97 Å². The average Bonchev–Trinajstić information content (AvgIpc) is 3.67. The van der Waals surface area contributed by atoms with Crippen molar-refractivity contribution in [3.05, 3.63) is 87.9 Å². The Morgan fingerprint density at radius 1 is 0.927 bits per heavy atom. The van der Waals surface area contributed by atoms with Gasteiger partial charge >= 0.3 is 218 Å². The first-order valence-electron chi connectivity index (χ1n) is 14.6. The summed E-state index contributed by atoms with van der Waals surface area (Å²) in [7, 11) is 0. The first-order valence-corrected chi connectivity index (χ1v) is 18.0. The molecule has 2 aromatic heterocycles. The van der Waals surface area contributed by atoms with Crippen LogP contribution in [0.1, 0.15) is 67.4 Å². The summed E-state index contributed by atoms with van der Waals surface area (Å²) in [5.74, 6) is -1.17. The zero-order chi connectivity index (χ0) is 28.6. The van der Waals surface area contributed by atoms with Crippen molar-refractivity contribution in [1.82, 2.24) is 0 Å². The van der Waals surface area contributed by atoms with Crippen molar-refractivity contribution >= 4 is 52.4 Å². The number of anilines is 2. The molecule has 0 amide bonds. The van der Waals surface area contributed by atoms with E-state index in [9.17, 15) is 4.79 Å². The Bertz CT molecular complexity index is 1560. The van der Waals surface area contributed by atoms with Crippen LogP contribution in [0, 0.1) is 11.3 Å². The Kier molecular flexibility index (Phi) is 10.2. The van der Waals surface area contributed by atoms with Gasteiger partial charge in [-0.2, -0.15) is 0 Å². The molecular formula is C35H36N2O2Se2. The van der Waals surface area contributed by atoms with Crippen molar-refractivity contribution in [2.45, 2.75) is 64.7 Å². The summed E-state index contributed by atoms with van der Waals surface area (Å²) in [5, 5.41) is 18.2. The van der Waals surface area contributed by atoms with Gasteiger partial charge in [0.25, 0.3) is 0 Å². The maximum atomic E-state index is 11.2. The van der Waals surface area contributed by atoms with E-state index >= 15 is 0 Å². The minimum atomic E-state index is -1.17. The number of aliphatic carboxylic acids is 1. The summed E-state index contributed by atoms with van der Waals surface area (Å²) < 4.78 is 4.94. The van der Waals surface area contributed by atoms with Crippen molar-refractivity contribution < 1.29 is 9.90 Å².